The van der Waals surface area contributed by atoms with E-state index in [9.17, 15) is 0 Å². The smallest absolute Gasteiger partial charge is 0.170 e. The lowest BCUT2D eigenvalue weighted by Gasteiger charge is -2.31. The van der Waals surface area contributed by atoms with Gasteiger partial charge in [0.2, 0.25) is 0 Å². The van der Waals surface area contributed by atoms with Crippen molar-refractivity contribution in [3.63, 3.8) is 0 Å². The number of nitrogens with zero attached hydrogens (tertiary/aromatic N) is 1. The number of hydrogen-bond acceptors (Lipinski definition) is 5. The largest absolute Gasteiger partial charge is 0.382 e. The Bertz CT molecular complexity index is 168. The highest BCUT2D eigenvalue weighted by Gasteiger charge is 2.19. The minimum Gasteiger partial charge on any atom is -0.382 e. The number of hydrogen-bond donors (Lipinski definition) is 0. The van der Waals surface area contributed by atoms with Crippen molar-refractivity contribution in [2.75, 3.05) is 59.8 Å². The first-order valence-electron chi connectivity index (χ1n) is 5.89. The van der Waals surface area contributed by atoms with Crippen molar-refractivity contribution in [2.24, 2.45) is 0 Å². The van der Waals surface area contributed by atoms with Crippen LogP contribution in [-0.4, -0.2) is 71.0 Å². The fourth-order valence-electron chi connectivity index (χ4n) is 1.54. The molecule has 0 N–H and O–H groups in total. The Morgan fingerprint density at radius 3 is 2.81 bits per heavy atom. The Labute approximate surface area is 97.6 Å². The second-order valence-corrected chi connectivity index (χ2v) is 3.67. The van der Waals surface area contributed by atoms with Crippen LogP contribution in [0.3, 0.4) is 0 Å². The molecule has 1 aliphatic heterocycles. The predicted molar refractivity (Wildman–Crippen MR) is 60.5 cm³/mol. The van der Waals surface area contributed by atoms with Crippen molar-refractivity contribution >= 4 is 0 Å². The van der Waals surface area contributed by atoms with Gasteiger partial charge in [-0.1, -0.05) is 6.92 Å². The third-order valence-corrected chi connectivity index (χ3v) is 2.53. The first-order valence-corrected chi connectivity index (χ1v) is 5.89. The molecule has 5 nitrogen and oxygen atoms in total. The molecule has 96 valence electrons. The molecule has 1 atom stereocenters. The van der Waals surface area contributed by atoms with Crippen LogP contribution in [0.15, 0.2) is 0 Å². The zero-order chi connectivity index (χ0) is 11.6. The molecule has 1 heterocycles. The van der Waals surface area contributed by atoms with E-state index >= 15 is 0 Å². The molecule has 0 aliphatic carbocycles. The first-order chi connectivity index (χ1) is 7.86. The molecule has 0 aromatic carbocycles. The standard InChI is InChI=1S/C11H23NO4/c1-3-12-4-5-15-11(10-12)16-9-8-14-7-6-13-2/h11H,3-10H2,1-2H3. The molecule has 0 aromatic rings. The zero-order valence-electron chi connectivity index (χ0n) is 10.3. The molecular weight excluding hydrogens is 210 g/mol. The van der Waals surface area contributed by atoms with Crippen LogP contribution in [-0.2, 0) is 18.9 Å². The lowest BCUT2D eigenvalue weighted by Crippen LogP contribution is -2.43. The van der Waals surface area contributed by atoms with Crippen molar-refractivity contribution in [2.45, 2.75) is 13.2 Å². The van der Waals surface area contributed by atoms with Crippen molar-refractivity contribution in [1.29, 1.82) is 0 Å². The van der Waals surface area contributed by atoms with Gasteiger partial charge in [-0.3, -0.25) is 4.90 Å². The lowest BCUT2D eigenvalue weighted by atomic mass is 10.4. The number of methoxy groups -OCH3 is 1. The monoisotopic (exact) mass is 233 g/mol. The fourth-order valence-corrected chi connectivity index (χ4v) is 1.54. The van der Waals surface area contributed by atoms with Gasteiger partial charge in [0, 0.05) is 20.2 Å². The fraction of sp³-hybridized carbons (Fsp3) is 1.00. The average Bonchev–Trinajstić information content (AvgIpc) is 2.34. The number of rotatable bonds is 8. The topological polar surface area (TPSA) is 40.2 Å². The van der Waals surface area contributed by atoms with Gasteiger partial charge in [0.05, 0.1) is 33.0 Å². The van der Waals surface area contributed by atoms with Gasteiger partial charge in [0.25, 0.3) is 0 Å². The minimum absolute atomic E-state index is 0.0975. The molecule has 0 amide bonds. The van der Waals surface area contributed by atoms with E-state index in [1.54, 1.807) is 7.11 Å². The van der Waals surface area contributed by atoms with Crippen LogP contribution in [0, 0.1) is 0 Å². The zero-order valence-corrected chi connectivity index (χ0v) is 10.3. The average molecular weight is 233 g/mol. The van der Waals surface area contributed by atoms with Crippen LogP contribution in [0.5, 0.6) is 0 Å². The molecule has 0 saturated carbocycles. The van der Waals surface area contributed by atoms with Crippen LogP contribution in [0.25, 0.3) is 0 Å². The van der Waals surface area contributed by atoms with E-state index in [-0.39, 0.29) is 6.29 Å². The Morgan fingerprint density at radius 2 is 2.06 bits per heavy atom. The summed E-state index contributed by atoms with van der Waals surface area (Å²) >= 11 is 0. The quantitative estimate of drug-likeness (QED) is 0.566. The molecule has 0 radical (unpaired) electrons. The molecule has 1 saturated heterocycles. The van der Waals surface area contributed by atoms with Gasteiger partial charge in [0.1, 0.15) is 0 Å². The Hall–Kier alpha value is -0.200. The van der Waals surface area contributed by atoms with Gasteiger partial charge >= 0.3 is 0 Å². The molecule has 5 heteroatoms. The maximum absolute atomic E-state index is 5.57. The highest BCUT2D eigenvalue weighted by atomic mass is 16.7. The van der Waals surface area contributed by atoms with Crippen molar-refractivity contribution < 1.29 is 18.9 Å². The SMILES string of the molecule is CCN1CCOC(OCCOCCOC)C1. The van der Waals surface area contributed by atoms with Crippen molar-refractivity contribution in [3.8, 4) is 0 Å². The summed E-state index contributed by atoms with van der Waals surface area (Å²) in [5.74, 6) is 0. The van der Waals surface area contributed by atoms with Gasteiger partial charge in [-0.2, -0.15) is 0 Å². The summed E-state index contributed by atoms with van der Waals surface area (Å²) in [7, 11) is 1.66. The van der Waals surface area contributed by atoms with E-state index in [1.165, 1.54) is 0 Å². The Morgan fingerprint density at radius 1 is 1.25 bits per heavy atom. The summed E-state index contributed by atoms with van der Waals surface area (Å²) in [6, 6.07) is 0. The Kier molecular flexibility index (Phi) is 7.71. The second-order valence-electron chi connectivity index (χ2n) is 3.67. The summed E-state index contributed by atoms with van der Waals surface area (Å²) in [5.41, 5.74) is 0. The van der Waals surface area contributed by atoms with E-state index in [2.05, 4.69) is 11.8 Å². The number of morpholine rings is 1. The van der Waals surface area contributed by atoms with Gasteiger partial charge in [-0.25, -0.2) is 0 Å². The van der Waals surface area contributed by atoms with Gasteiger partial charge in [-0.15, -0.1) is 0 Å². The Balaban J connectivity index is 1.95. The van der Waals surface area contributed by atoms with Gasteiger partial charge < -0.3 is 18.9 Å². The van der Waals surface area contributed by atoms with E-state index in [0.717, 1.165) is 26.2 Å². The van der Waals surface area contributed by atoms with Gasteiger partial charge in [0.15, 0.2) is 6.29 Å². The summed E-state index contributed by atoms with van der Waals surface area (Å²) in [4.78, 5) is 2.32. The van der Waals surface area contributed by atoms with Crippen LogP contribution in [0.2, 0.25) is 0 Å². The number of ether oxygens (including phenoxy) is 4. The molecule has 16 heavy (non-hydrogen) atoms. The summed E-state index contributed by atoms with van der Waals surface area (Å²) in [5, 5.41) is 0. The molecule has 1 unspecified atom stereocenters. The summed E-state index contributed by atoms with van der Waals surface area (Å²) in [6.07, 6.45) is -0.0975. The highest BCUT2D eigenvalue weighted by molar-refractivity contribution is 4.63. The maximum Gasteiger partial charge on any atom is 0.170 e. The second kappa shape index (κ2) is 8.90. The summed E-state index contributed by atoms with van der Waals surface area (Å²) in [6.45, 7) is 8.22. The van der Waals surface area contributed by atoms with E-state index in [4.69, 9.17) is 18.9 Å². The van der Waals surface area contributed by atoms with Gasteiger partial charge in [-0.05, 0) is 6.54 Å². The van der Waals surface area contributed by atoms with Crippen LogP contribution >= 0.6 is 0 Å². The molecule has 1 rings (SSSR count). The molecule has 0 bridgehead atoms. The molecule has 1 fully saturated rings. The predicted octanol–water partition coefficient (Wildman–Crippen LogP) is 0.344. The molecular formula is C11H23NO4. The minimum atomic E-state index is -0.0975. The van der Waals surface area contributed by atoms with E-state index in [0.29, 0.717) is 26.4 Å². The lowest BCUT2D eigenvalue weighted by molar-refractivity contribution is -0.184. The third kappa shape index (κ3) is 5.77. The van der Waals surface area contributed by atoms with Crippen LogP contribution in [0.1, 0.15) is 6.92 Å². The normalized spacial score (nSPS) is 22.5. The summed E-state index contributed by atoms with van der Waals surface area (Å²) < 4.78 is 21.2. The van der Waals surface area contributed by atoms with Crippen LogP contribution in [0.4, 0.5) is 0 Å². The molecule has 0 aromatic heterocycles. The highest BCUT2D eigenvalue weighted by Crippen LogP contribution is 2.05. The third-order valence-electron chi connectivity index (χ3n) is 2.53. The molecule has 0 spiro atoms. The van der Waals surface area contributed by atoms with Crippen molar-refractivity contribution in [3.05, 3.63) is 0 Å². The van der Waals surface area contributed by atoms with Crippen molar-refractivity contribution in [1.82, 2.24) is 4.90 Å². The van der Waals surface area contributed by atoms with Crippen LogP contribution < -0.4 is 0 Å². The first kappa shape index (κ1) is 13.9. The number of likely N-dealkylation sites (N-methyl/N-ethyl adjacent to an activating group) is 1. The molecule has 1 aliphatic rings. The van der Waals surface area contributed by atoms with E-state index < -0.39 is 0 Å². The maximum atomic E-state index is 5.57. The van der Waals surface area contributed by atoms with E-state index in [1.807, 2.05) is 0 Å².